The number of alkyl halides is 2. The van der Waals surface area contributed by atoms with Crippen molar-refractivity contribution >= 4 is 56.9 Å². The van der Waals surface area contributed by atoms with E-state index in [1.807, 2.05) is 0 Å². The molecule has 0 unspecified atom stereocenters. The Labute approximate surface area is 267 Å². The first-order valence-corrected chi connectivity index (χ1v) is 16.1. The lowest BCUT2D eigenvalue weighted by atomic mass is 10.0. The number of aromatic nitrogens is 1. The maximum Gasteiger partial charge on any atom is 0.387 e. The average Bonchev–Trinajstić information content (AvgIpc) is 3.49. The van der Waals surface area contributed by atoms with Crippen LogP contribution in [0.5, 0.6) is 11.5 Å². The molecule has 44 heavy (non-hydrogen) atoms. The Balaban J connectivity index is 1.67. The number of methoxy groups -OCH3 is 1. The molecule has 1 aliphatic heterocycles. The second kappa shape index (κ2) is 14.3. The van der Waals surface area contributed by atoms with E-state index in [1.54, 1.807) is 14.1 Å². The number of hydrogen-bond acceptors (Lipinski definition) is 9. The van der Waals surface area contributed by atoms with Gasteiger partial charge in [0.15, 0.2) is 16.9 Å². The van der Waals surface area contributed by atoms with Crippen molar-refractivity contribution in [3.05, 3.63) is 81.6 Å². The molecule has 1 aliphatic rings. The zero-order chi connectivity index (χ0) is 32.2. The molecule has 2 atom stereocenters. The summed E-state index contributed by atoms with van der Waals surface area (Å²) >= 11 is 13.7. The van der Waals surface area contributed by atoms with E-state index in [1.165, 1.54) is 66.9 Å². The van der Waals surface area contributed by atoms with Crippen molar-refractivity contribution < 1.29 is 41.0 Å². The number of sulfonamides is 1. The zero-order valence-electron chi connectivity index (χ0n) is 23.6. The molecule has 4 rings (SSSR count). The largest absolute Gasteiger partial charge is 0.493 e. The number of esters is 1. The Kier molecular flexibility index (Phi) is 10.9. The number of halogens is 4. The van der Waals surface area contributed by atoms with Crippen LogP contribution in [-0.2, 0) is 26.0 Å². The van der Waals surface area contributed by atoms with Crippen molar-refractivity contribution in [3.8, 4) is 11.5 Å². The van der Waals surface area contributed by atoms with Crippen LogP contribution in [0.25, 0.3) is 0 Å². The molecule has 0 radical (unpaired) electrons. The summed E-state index contributed by atoms with van der Waals surface area (Å²) in [5, 5.41) is -0.882. The second-order valence-corrected chi connectivity index (χ2v) is 13.5. The molecular weight excluding hydrogens is 663 g/mol. The number of ether oxygens (including phenoxy) is 3. The fourth-order valence-electron chi connectivity index (χ4n) is 4.39. The summed E-state index contributed by atoms with van der Waals surface area (Å²) in [5.41, 5.74) is 0.869. The van der Waals surface area contributed by atoms with Crippen molar-refractivity contribution in [1.29, 1.82) is 0 Å². The molecule has 2 aromatic carbocycles. The number of hydrogen-bond donors (Lipinski definition) is 0. The standard InChI is InChI=1S/C28H27Cl2F2N3O7S2/c1-34(2)25(36)17-5-4-6-18(11-17)44(38,39)35-9-10-43-26(35)27(37)41-23(13-19-20(29)14-33-15-21(19)30)16-7-8-22(42-28(31)32)24(12-16)40-3/h4-8,11-12,14-15,23,26,28H,9-10,13H2,1-3H3/t23-,26-/m0/s1. The number of thioether (sulfide) groups is 1. The predicted molar refractivity (Wildman–Crippen MR) is 161 cm³/mol. The Morgan fingerprint density at radius 2 is 1.82 bits per heavy atom. The normalized spacial score (nSPS) is 16.0. The fourth-order valence-corrected chi connectivity index (χ4v) is 8.00. The number of carbonyl (C=O) groups excluding carboxylic acids is 2. The number of benzene rings is 2. The van der Waals surface area contributed by atoms with Gasteiger partial charge in [0.05, 0.1) is 22.1 Å². The molecule has 0 aliphatic carbocycles. The number of pyridine rings is 1. The molecule has 16 heteroatoms. The van der Waals surface area contributed by atoms with Crippen LogP contribution >= 0.6 is 35.0 Å². The highest BCUT2D eigenvalue weighted by atomic mass is 35.5. The van der Waals surface area contributed by atoms with Gasteiger partial charge < -0.3 is 19.1 Å². The molecule has 2 heterocycles. The summed E-state index contributed by atoms with van der Waals surface area (Å²) in [5.74, 6) is -1.26. The number of carbonyl (C=O) groups is 2. The Morgan fingerprint density at radius 1 is 1.11 bits per heavy atom. The van der Waals surface area contributed by atoms with E-state index >= 15 is 0 Å². The minimum atomic E-state index is -4.23. The maximum absolute atomic E-state index is 13.7. The van der Waals surface area contributed by atoms with E-state index in [0.29, 0.717) is 16.9 Å². The predicted octanol–water partition coefficient (Wildman–Crippen LogP) is 5.29. The monoisotopic (exact) mass is 689 g/mol. The summed E-state index contributed by atoms with van der Waals surface area (Å²) in [6, 6.07) is 9.56. The minimum Gasteiger partial charge on any atom is -0.493 e. The molecule has 1 amide bonds. The van der Waals surface area contributed by atoms with Gasteiger partial charge in [-0.05, 0) is 41.5 Å². The van der Waals surface area contributed by atoms with E-state index in [4.69, 9.17) is 32.7 Å². The average molecular weight is 691 g/mol. The summed E-state index contributed by atoms with van der Waals surface area (Å²) < 4.78 is 69.8. The molecular formula is C28H27Cl2F2N3O7S2. The third-order valence-corrected chi connectivity index (χ3v) is 10.3. The number of amides is 1. The lowest BCUT2D eigenvalue weighted by molar-refractivity contribution is -0.150. The highest BCUT2D eigenvalue weighted by Crippen LogP contribution is 2.38. The summed E-state index contributed by atoms with van der Waals surface area (Å²) in [7, 11) is 0.118. The van der Waals surface area contributed by atoms with E-state index in [9.17, 15) is 26.8 Å². The molecule has 0 saturated carbocycles. The lowest BCUT2D eigenvalue weighted by Gasteiger charge is -2.26. The third kappa shape index (κ3) is 7.54. The van der Waals surface area contributed by atoms with Gasteiger partial charge in [-0.15, -0.1) is 11.8 Å². The van der Waals surface area contributed by atoms with E-state index < -0.39 is 34.1 Å². The fraction of sp³-hybridized carbons (Fsp3) is 0.321. The van der Waals surface area contributed by atoms with Crippen LogP contribution in [0, 0.1) is 0 Å². The van der Waals surface area contributed by atoms with Crippen LogP contribution in [-0.4, -0.2) is 80.0 Å². The molecule has 0 spiro atoms. The van der Waals surface area contributed by atoms with Crippen LogP contribution in [0.2, 0.25) is 10.0 Å². The first-order chi connectivity index (χ1) is 20.8. The molecule has 1 saturated heterocycles. The van der Waals surface area contributed by atoms with E-state index in [-0.39, 0.29) is 50.9 Å². The minimum absolute atomic E-state index is 0.0127. The highest BCUT2D eigenvalue weighted by molar-refractivity contribution is 8.02. The van der Waals surface area contributed by atoms with Gasteiger partial charge >= 0.3 is 12.6 Å². The number of nitrogens with zero attached hydrogens (tertiary/aromatic N) is 3. The number of rotatable bonds is 11. The summed E-state index contributed by atoms with van der Waals surface area (Å²) in [6.45, 7) is -3.09. The first-order valence-electron chi connectivity index (χ1n) is 12.9. The summed E-state index contributed by atoms with van der Waals surface area (Å²) in [4.78, 5) is 31.2. The van der Waals surface area contributed by atoms with Crippen molar-refractivity contribution in [2.75, 3.05) is 33.5 Å². The Bertz CT molecular complexity index is 1630. The van der Waals surface area contributed by atoms with Gasteiger partial charge in [-0.2, -0.15) is 13.1 Å². The molecule has 1 fully saturated rings. The van der Waals surface area contributed by atoms with Crippen LogP contribution in [0.1, 0.15) is 27.6 Å². The van der Waals surface area contributed by atoms with Crippen molar-refractivity contribution in [3.63, 3.8) is 0 Å². The van der Waals surface area contributed by atoms with Crippen molar-refractivity contribution in [1.82, 2.24) is 14.2 Å². The lowest BCUT2D eigenvalue weighted by Crippen LogP contribution is -2.40. The maximum atomic E-state index is 13.7. The third-order valence-electron chi connectivity index (χ3n) is 6.52. The smallest absolute Gasteiger partial charge is 0.387 e. The first kappa shape index (κ1) is 33.7. The quantitative estimate of drug-likeness (QED) is 0.248. The topological polar surface area (TPSA) is 115 Å². The van der Waals surface area contributed by atoms with Crippen LogP contribution in [0.15, 0.2) is 59.8 Å². The van der Waals surface area contributed by atoms with Gasteiger partial charge in [0.2, 0.25) is 10.0 Å². The van der Waals surface area contributed by atoms with Crippen LogP contribution < -0.4 is 9.47 Å². The SMILES string of the molecule is COc1cc([C@H](Cc2c(Cl)cncc2Cl)OC(=O)[C@@H]2SCCN2S(=O)(=O)c2cccc(C(=O)N(C)C)c2)ccc1OC(F)F. The van der Waals surface area contributed by atoms with E-state index in [2.05, 4.69) is 9.72 Å². The molecule has 1 aromatic heterocycles. The molecule has 10 nitrogen and oxygen atoms in total. The van der Waals surface area contributed by atoms with Crippen molar-refractivity contribution in [2.45, 2.75) is 29.4 Å². The molecule has 3 aromatic rings. The summed E-state index contributed by atoms with van der Waals surface area (Å²) in [6.07, 6.45) is 1.54. The second-order valence-electron chi connectivity index (χ2n) is 9.57. The van der Waals surface area contributed by atoms with Crippen molar-refractivity contribution in [2.24, 2.45) is 0 Å². The van der Waals surface area contributed by atoms with Crippen LogP contribution in [0.3, 0.4) is 0 Å². The zero-order valence-corrected chi connectivity index (χ0v) is 26.7. The van der Waals surface area contributed by atoms with Gasteiger partial charge in [-0.1, -0.05) is 35.3 Å². The Hall–Kier alpha value is -3.17. The molecule has 0 N–H and O–H groups in total. The van der Waals surface area contributed by atoms with E-state index in [0.717, 1.165) is 16.1 Å². The molecule has 0 bridgehead atoms. The van der Waals surface area contributed by atoms with Gasteiger partial charge in [-0.3, -0.25) is 9.78 Å². The molecule has 236 valence electrons. The van der Waals surface area contributed by atoms with Gasteiger partial charge in [-0.25, -0.2) is 13.2 Å². The van der Waals surface area contributed by atoms with Gasteiger partial charge in [0.1, 0.15) is 6.10 Å². The van der Waals surface area contributed by atoms with Crippen LogP contribution in [0.4, 0.5) is 8.78 Å². The van der Waals surface area contributed by atoms with Gasteiger partial charge in [0, 0.05) is 50.8 Å². The highest BCUT2D eigenvalue weighted by Gasteiger charge is 2.42. The Morgan fingerprint density at radius 3 is 2.45 bits per heavy atom. The van der Waals surface area contributed by atoms with Gasteiger partial charge in [0.25, 0.3) is 5.91 Å².